The molecule has 1 unspecified atom stereocenters. The fraction of sp³-hybridized carbons (Fsp3) is 0.938. The zero-order valence-corrected chi connectivity index (χ0v) is 23.3. The van der Waals surface area contributed by atoms with E-state index in [1.165, 1.54) is 64.2 Å². The number of rotatable bonds is 5. The summed E-state index contributed by atoms with van der Waals surface area (Å²) >= 11 is 0. The highest BCUT2D eigenvalue weighted by Crippen LogP contribution is 2.89. The van der Waals surface area contributed by atoms with Gasteiger partial charge in [-0.25, -0.2) is 0 Å². The SMILES string of the molecule is C/C=C(\CC[C@@H](C)[C@H]1CC[C@@]2(C)[C@@H]3CC[C@@H]4C(C)(C)C(O)CC[C@@]45C[C@@]35CC[C@]12C)C(C)C. The number of aliphatic hydroxyl groups excluding tert-OH is 1. The molecule has 0 aromatic heterocycles. The van der Waals surface area contributed by atoms with Crippen molar-refractivity contribution in [1.82, 2.24) is 0 Å². The Morgan fingerprint density at radius 2 is 1.52 bits per heavy atom. The van der Waals surface area contributed by atoms with E-state index in [4.69, 9.17) is 0 Å². The van der Waals surface area contributed by atoms with Crippen LogP contribution >= 0.6 is 0 Å². The van der Waals surface area contributed by atoms with Gasteiger partial charge in [-0.3, -0.25) is 0 Å². The summed E-state index contributed by atoms with van der Waals surface area (Å²) in [5, 5.41) is 10.9. The van der Waals surface area contributed by atoms with E-state index in [1.807, 2.05) is 0 Å². The second-order valence-electron chi connectivity index (χ2n) is 15.1. The van der Waals surface area contributed by atoms with E-state index in [-0.39, 0.29) is 11.5 Å². The lowest BCUT2D eigenvalue weighted by Crippen LogP contribution is -2.57. The van der Waals surface area contributed by atoms with Crippen molar-refractivity contribution in [2.45, 2.75) is 132 Å². The molecule has 5 aliphatic carbocycles. The normalized spacial score (nSPS) is 51.4. The third-order valence-electron chi connectivity index (χ3n) is 13.8. The van der Waals surface area contributed by atoms with Crippen molar-refractivity contribution >= 4 is 0 Å². The quantitative estimate of drug-likeness (QED) is 0.411. The molecule has 5 aliphatic rings. The van der Waals surface area contributed by atoms with Crippen LogP contribution in [0.1, 0.15) is 126 Å². The lowest BCUT2D eigenvalue weighted by Gasteiger charge is -2.63. The Labute approximate surface area is 205 Å². The van der Waals surface area contributed by atoms with E-state index in [0.717, 1.165) is 30.1 Å². The summed E-state index contributed by atoms with van der Waals surface area (Å²) in [6.07, 6.45) is 17.5. The van der Waals surface area contributed by atoms with Gasteiger partial charge in [0.15, 0.2) is 0 Å². The molecule has 0 radical (unpaired) electrons. The topological polar surface area (TPSA) is 20.2 Å². The van der Waals surface area contributed by atoms with Crippen molar-refractivity contribution < 1.29 is 5.11 Å². The predicted molar refractivity (Wildman–Crippen MR) is 140 cm³/mol. The molecule has 1 heteroatoms. The Kier molecular flexibility index (Phi) is 5.62. The number of hydrogen-bond donors (Lipinski definition) is 1. The first-order valence-electron chi connectivity index (χ1n) is 14.7. The monoisotopic (exact) mass is 454 g/mol. The zero-order valence-electron chi connectivity index (χ0n) is 23.3. The molecule has 33 heavy (non-hydrogen) atoms. The summed E-state index contributed by atoms with van der Waals surface area (Å²) in [6, 6.07) is 0. The zero-order chi connectivity index (χ0) is 24.0. The van der Waals surface area contributed by atoms with Crippen LogP contribution in [0.15, 0.2) is 11.6 Å². The van der Waals surface area contributed by atoms with Crippen LogP contribution in [0.5, 0.6) is 0 Å². The molecule has 5 saturated carbocycles. The maximum Gasteiger partial charge on any atom is 0.0594 e. The maximum atomic E-state index is 10.9. The van der Waals surface area contributed by atoms with Crippen LogP contribution < -0.4 is 0 Å². The third-order valence-corrected chi connectivity index (χ3v) is 13.8. The molecular formula is C32H54O. The highest BCUT2D eigenvalue weighted by Gasteiger charge is 2.82. The minimum atomic E-state index is -0.0867. The van der Waals surface area contributed by atoms with Crippen LogP contribution in [0, 0.1) is 56.7 Å². The number of allylic oxidation sites excluding steroid dienone is 2. The van der Waals surface area contributed by atoms with E-state index in [2.05, 4.69) is 61.5 Å². The van der Waals surface area contributed by atoms with Gasteiger partial charge >= 0.3 is 0 Å². The summed E-state index contributed by atoms with van der Waals surface area (Å²) in [7, 11) is 0. The summed E-state index contributed by atoms with van der Waals surface area (Å²) in [5.41, 5.74) is 4.02. The van der Waals surface area contributed by atoms with Gasteiger partial charge in [0.2, 0.25) is 0 Å². The minimum Gasteiger partial charge on any atom is -0.393 e. The van der Waals surface area contributed by atoms with Gasteiger partial charge in [-0.2, -0.15) is 0 Å². The van der Waals surface area contributed by atoms with Gasteiger partial charge in [0.25, 0.3) is 0 Å². The molecule has 1 nitrogen and oxygen atoms in total. The van der Waals surface area contributed by atoms with E-state index in [1.54, 1.807) is 5.57 Å². The Balaban J connectivity index is 1.38. The largest absolute Gasteiger partial charge is 0.393 e. The summed E-state index contributed by atoms with van der Waals surface area (Å²) < 4.78 is 0. The standard InChI is InChI=1S/C32H54O/c1-9-23(21(2)3)11-10-22(4)24-14-16-30(8)26-13-12-25-28(5,6)27(33)15-17-31(25)20-32(26,31)19-18-29(24,30)7/h9,21-22,24-27,33H,10-20H2,1-8H3/b23-9+/t22-,24-,25-,26+,27?,29-,30+,31-,32+/m1/s1. The smallest absolute Gasteiger partial charge is 0.0594 e. The van der Waals surface area contributed by atoms with Crippen LogP contribution in [0.4, 0.5) is 0 Å². The molecule has 0 amide bonds. The molecule has 0 aromatic carbocycles. The van der Waals surface area contributed by atoms with Gasteiger partial charge in [-0.1, -0.05) is 60.1 Å². The lowest BCUT2D eigenvalue weighted by molar-refractivity contribution is -0.161. The second-order valence-corrected chi connectivity index (χ2v) is 15.1. The lowest BCUT2D eigenvalue weighted by atomic mass is 9.41. The summed E-state index contributed by atoms with van der Waals surface area (Å²) in [4.78, 5) is 0. The first-order valence-corrected chi connectivity index (χ1v) is 14.7. The molecule has 5 fully saturated rings. The average Bonchev–Trinajstić information content (AvgIpc) is 3.34. The van der Waals surface area contributed by atoms with E-state index in [0.29, 0.717) is 27.6 Å². The molecule has 0 heterocycles. The van der Waals surface area contributed by atoms with Crippen molar-refractivity contribution in [1.29, 1.82) is 0 Å². The van der Waals surface area contributed by atoms with E-state index in [9.17, 15) is 5.11 Å². The molecule has 188 valence electrons. The first kappa shape index (κ1) is 24.4. The highest BCUT2D eigenvalue weighted by atomic mass is 16.3. The van der Waals surface area contributed by atoms with Gasteiger partial charge in [0.05, 0.1) is 6.10 Å². The molecule has 9 atom stereocenters. The second kappa shape index (κ2) is 7.60. The van der Waals surface area contributed by atoms with Gasteiger partial charge in [-0.15, -0.1) is 0 Å². The Morgan fingerprint density at radius 3 is 2.18 bits per heavy atom. The van der Waals surface area contributed by atoms with Crippen LogP contribution in [-0.2, 0) is 0 Å². The van der Waals surface area contributed by atoms with Crippen molar-refractivity contribution in [3.8, 4) is 0 Å². The molecular weight excluding hydrogens is 400 g/mol. The third kappa shape index (κ3) is 2.99. The van der Waals surface area contributed by atoms with E-state index < -0.39 is 0 Å². The number of aliphatic hydroxyl groups is 1. The van der Waals surface area contributed by atoms with Crippen molar-refractivity contribution in [3.05, 3.63) is 11.6 Å². The van der Waals surface area contributed by atoms with Crippen LogP contribution in [0.2, 0.25) is 0 Å². The predicted octanol–water partition coefficient (Wildman–Crippen LogP) is 8.81. The molecule has 0 bridgehead atoms. The average molecular weight is 455 g/mol. The molecule has 0 saturated heterocycles. The van der Waals surface area contributed by atoms with E-state index >= 15 is 0 Å². The van der Waals surface area contributed by atoms with Gasteiger partial charge in [-0.05, 0) is 134 Å². The first-order chi connectivity index (χ1) is 15.4. The number of fused-ring (bicyclic) bond motifs is 2. The molecule has 0 aromatic rings. The maximum absolute atomic E-state index is 10.9. The van der Waals surface area contributed by atoms with Gasteiger partial charge < -0.3 is 5.11 Å². The van der Waals surface area contributed by atoms with Gasteiger partial charge in [0.1, 0.15) is 0 Å². The van der Waals surface area contributed by atoms with Crippen molar-refractivity contribution in [3.63, 3.8) is 0 Å². The Bertz CT molecular complexity index is 807. The summed E-state index contributed by atoms with van der Waals surface area (Å²) in [6.45, 7) is 19.8. The molecule has 0 aliphatic heterocycles. The van der Waals surface area contributed by atoms with Crippen LogP contribution in [0.25, 0.3) is 0 Å². The molecule has 5 rings (SSSR count). The van der Waals surface area contributed by atoms with Crippen molar-refractivity contribution in [2.24, 2.45) is 56.7 Å². The summed E-state index contributed by atoms with van der Waals surface area (Å²) in [5.74, 6) is 4.13. The van der Waals surface area contributed by atoms with Crippen LogP contribution in [0.3, 0.4) is 0 Å². The Morgan fingerprint density at radius 1 is 0.848 bits per heavy atom. The van der Waals surface area contributed by atoms with Gasteiger partial charge in [0, 0.05) is 0 Å². The van der Waals surface area contributed by atoms with Crippen molar-refractivity contribution in [2.75, 3.05) is 0 Å². The highest BCUT2D eigenvalue weighted by molar-refractivity contribution is 5.30. The molecule has 2 spiro atoms. The minimum absolute atomic E-state index is 0.0867. The van der Waals surface area contributed by atoms with Crippen LogP contribution in [-0.4, -0.2) is 11.2 Å². The number of hydrogen-bond acceptors (Lipinski definition) is 1. The molecule has 1 N–H and O–H groups in total. The Hall–Kier alpha value is -0.300. The fourth-order valence-electron chi connectivity index (χ4n) is 11.7. The fourth-order valence-corrected chi connectivity index (χ4v) is 11.7.